The molecule has 25 heavy (non-hydrogen) atoms. The van der Waals surface area contributed by atoms with Crippen LogP contribution in [-0.4, -0.2) is 22.7 Å². The van der Waals surface area contributed by atoms with Crippen LogP contribution < -0.4 is 0 Å². The molecule has 1 aliphatic heterocycles. The molecule has 0 atom stereocenters. The summed E-state index contributed by atoms with van der Waals surface area (Å²) in [6, 6.07) is 13.3. The predicted molar refractivity (Wildman–Crippen MR) is 104 cm³/mol. The monoisotopic (exact) mass is 371 g/mol. The van der Waals surface area contributed by atoms with Crippen molar-refractivity contribution in [3.8, 4) is 0 Å². The molecular weight excluding hydrogens is 354 g/mol. The third-order valence-electron chi connectivity index (χ3n) is 3.39. The topological polar surface area (TPSA) is 58.9 Å². The summed E-state index contributed by atoms with van der Waals surface area (Å²) in [6.07, 6.45) is 1.87. The Balaban J connectivity index is 2.02. The third-order valence-corrected chi connectivity index (χ3v) is 5.36. The largest absolute Gasteiger partial charge is 0.506 e. The summed E-state index contributed by atoms with van der Waals surface area (Å²) in [4.78, 5) is 19.6. The fourth-order valence-electron chi connectivity index (χ4n) is 2.27. The number of thiophene rings is 1. The van der Waals surface area contributed by atoms with Gasteiger partial charge in [-0.2, -0.15) is 0 Å². The van der Waals surface area contributed by atoms with Crippen LogP contribution in [0.3, 0.4) is 0 Å². The number of ether oxygens (including phenoxy) is 1. The fraction of sp³-hybridized carbons (Fsp3) is 0.158. The van der Waals surface area contributed by atoms with Gasteiger partial charge in [0.25, 0.3) is 0 Å². The molecule has 1 aromatic heterocycles. The SMILES string of the molecule is CCOC(=O)C1=C(O)/C(=C/c2ccc(C)s2)SC1=Nc1ccccc1. The number of nitrogens with zero attached hydrogens (tertiary/aromatic N) is 1. The zero-order valence-electron chi connectivity index (χ0n) is 13.9. The Morgan fingerprint density at radius 1 is 1.24 bits per heavy atom. The van der Waals surface area contributed by atoms with E-state index >= 15 is 0 Å². The Morgan fingerprint density at radius 3 is 2.64 bits per heavy atom. The number of benzene rings is 1. The van der Waals surface area contributed by atoms with E-state index in [0.29, 0.717) is 15.6 Å². The number of carbonyl (C=O) groups is 1. The highest BCUT2D eigenvalue weighted by atomic mass is 32.2. The van der Waals surface area contributed by atoms with Gasteiger partial charge in [0, 0.05) is 9.75 Å². The summed E-state index contributed by atoms with van der Waals surface area (Å²) in [5.41, 5.74) is 0.836. The van der Waals surface area contributed by atoms with Gasteiger partial charge < -0.3 is 9.84 Å². The normalized spacial score (nSPS) is 17.5. The number of esters is 1. The van der Waals surface area contributed by atoms with E-state index < -0.39 is 5.97 Å². The van der Waals surface area contributed by atoms with Crippen LogP contribution in [0.15, 0.2) is 63.7 Å². The highest BCUT2D eigenvalue weighted by Gasteiger charge is 2.33. The lowest BCUT2D eigenvalue weighted by Crippen LogP contribution is -2.12. The average molecular weight is 371 g/mol. The van der Waals surface area contributed by atoms with Crippen molar-refractivity contribution in [2.75, 3.05) is 6.61 Å². The molecule has 6 heteroatoms. The number of aliphatic hydroxyl groups is 1. The number of aryl methyl sites for hydroxylation is 1. The van der Waals surface area contributed by atoms with Crippen molar-refractivity contribution < 1.29 is 14.6 Å². The Bertz CT molecular complexity index is 879. The van der Waals surface area contributed by atoms with Crippen molar-refractivity contribution in [1.82, 2.24) is 0 Å². The van der Waals surface area contributed by atoms with Crippen molar-refractivity contribution in [1.29, 1.82) is 0 Å². The van der Waals surface area contributed by atoms with Crippen molar-refractivity contribution in [2.24, 2.45) is 4.99 Å². The van der Waals surface area contributed by atoms with E-state index in [4.69, 9.17) is 4.74 Å². The van der Waals surface area contributed by atoms with Crippen LogP contribution >= 0.6 is 23.1 Å². The molecule has 0 unspecified atom stereocenters. The highest BCUT2D eigenvalue weighted by Crippen LogP contribution is 2.40. The second-order valence-corrected chi connectivity index (χ2v) is 7.61. The van der Waals surface area contributed by atoms with Crippen LogP contribution in [0.5, 0.6) is 0 Å². The van der Waals surface area contributed by atoms with Gasteiger partial charge in [-0.3, -0.25) is 0 Å². The summed E-state index contributed by atoms with van der Waals surface area (Å²) in [7, 11) is 0. The number of thioether (sulfide) groups is 1. The molecule has 2 heterocycles. The van der Waals surface area contributed by atoms with E-state index in [1.54, 1.807) is 18.3 Å². The second-order valence-electron chi connectivity index (χ2n) is 5.26. The van der Waals surface area contributed by atoms with Crippen LogP contribution in [0, 0.1) is 6.92 Å². The number of carbonyl (C=O) groups excluding carboxylic acids is 1. The molecule has 0 bridgehead atoms. The predicted octanol–water partition coefficient (Wildman–Crippen LogP) is 5.25. The number of hydrogen-bond donors (Lipinski definition) is 1. The molecule has 0 amide bonds. The minimum Gasteiger partial charge on any atom is -0.506 e. The molecule has 0 saturated carbocycles. The van der Waals surface area contributed by atoms with E-state index in [-0.39, 0.29) is 17.9 Å². The second kappa shape index (κ2) is 7.72. The number of aliphatic imine (C=N–C) groups is 1. The van der Waals surface area contributed by atoms with Gasteiger partial charge in [-0.15, -0.1) is 11.3 Å². The van der Waals surface area contributed by atoms with E-state index in [9.17, 15) is 9.90 Å². The number of para-hydroxylation sites is 1. The third kappa shape index (κ3) is 4.03. The Morgan fingerprint density at radius 2 is 2.00 bits per heavy atom. The standard InChI is InChI=1S/C19H17NO3S2/c1-3-23-19(22)16-17(21)15(11-14-10-9-12(2)24-14)25-18(16)20-13-7-5-4-6-8-13/h4-11,21H,3H2,1-2H3/b15-11-,20-18?. The van der Waals surface area contributed by atoms with Crippen molar-refractivity contribution >= 4 is 45.9 Å². The van der Waals surface area contributed by atoms with Gasteiger partial charge in [-0.1, -0.05) is 30.0 Å². The molecule has 1 aromatic carbocycles. The molecule has 0 saturated heterocycles. The highest BCUT2D eigenvalue weighted by molar-refractivity contribution is 8.18. The minimum absolute atomic E-state index is 0.0795. The molecule has 4 nitrogen and oxygen atoms in total. The summed E-state index contributed by atoms with van der Waals surface area (Å²) in [6.45, 7) is 4.00. The van der Waals surface area contributed by atoms with Crippen molar-refractivity contribution in [2.45, 2.75) is 13.8 Å². The number of aliphatic hydroxyl groups excluding tert-OH is 1. The lowest BCUT2D eigenvalue weighted by Gasteiger charge is -2.03. The van der Waals surface area contributed by atoms with Crippen LogP contribution in [0.25, 0.3) is 6.08 Å². The van der Waals surface area contributed by atoms with Crippen LogP contribution in [0.2, 0.25) is 0 Å². The molecule has 0 spiro atoms. The van der Waals surface area contributed by atoms with Crippen LogP contribution in [0.4, 0.5) is 5.69 Å². The lowest BCUT2D eigenvalue weighted by atomic mass is 10.2. The molecule has 1 aliphatic rings. The summed E-state index contributed by atoms with van der Waals surface area (Å²) in [5, 5.41) is 11.0. The van der Waals surface area contributed by atoms with Gasteiger partial charge in [0.1, 0.15) is 16.4 Å². The summed E-state index contributed by atoms with van der Waals surface area (Å²) < 4.78 is 5.09. The maximum atomic E-state index is 12.3. The van der Waals surface area contributed by atoms with Crippen LogP contribution in [-0.2, 0) is 9.53 Å². The number of hydrogen-bond acceptors (Lipinski definition) is 6. The Hall–Kier alpha value is -2.31. The Kier molecular flexibility index (Phi) is 5.40. The average Bonchev–Trinajstić information content (AvgIpc) is 3.13. The maximum absolute atomic E-state index is 12.3. The van der Waals surface area contributed by atoms with Gasteiger partial charge in [0.2, 0.25) is 0 Å². The van der Waals surface area contributed by atoms with E-state index in [0.717, 1.165) is 4.88 Å². The first-order valence-electron chi connectivity index (χ1n) is 7.79. The van der Waals surface area contributed by atoms with Gasteiger partial charge in [0.15, 0.2) is 0 Å². The molecule has 128 valence electrons. The molecule has 0 fully saturated rings. The molecule has 1 N–H and O–H groups in total. The molecule has 0 radical (unpaired) electrons. The Labute approximate surface area is 154 Å². The van der Waals surface area contributed by atoms with Gasteiger partial charge in [0.05, 0.1) is 17.2 Å². The number of rotatable bonds is 4. The zero-order chi connectivity index (χ0) is 17.8. The summed E-state index contributed by atoms with van der Waals surface area (Å²) >= 11 is 2.90. The first-order chi connectivity index (χ1) is 12.1. The summed E-state index contributed by atoms with van der Waals surface area (Å²) in [5.74, 6) is -0.642. The van der Waals surface area contributed by atoms with Gasteiger partial charge in [-0.25, -0.2) is 9.79 Å². The lowest BCUT2D eigenvalue weighted by molar-refractivity contribution is -0.138. The smallest absolute Gasteiger partial charge is 0.344 e. The molecule has 0 aliphatic carbocycles. The van der Waals surface area contributed by atoms with E-state index in [1.165, 1.54) is 16.6 Å². The fourth-order valence-corrected chi connectivity index (χ4v) is 4.19. The molecule has 2 aromatic rings. The zero-order valence-corrected chi connectivity index (χ0v) is 15.5. The van der Waals surface area contributed by atoms with Crippen molar-refractivity contribution in [3.63, 3.8) is 0 Å². The molecular formula is C19H17NO3S2. The molecule has 3 rings (SSSR count). The van der Waals surface area contributed by atoms with E-state index in [2.05, 4.69) is 4.99 Å². The van der Waals surface area contributed by atoms with Crippen LogP contribution in [0.1, 0.15) is 16.7 Å². The van der Waals surface area contributed by atoms with E-state index in [1.807, 2.05) is 55.5 Å². The minimum atomic E-state index is -0.562. The quantitative estimate of drug-likeness (QED) is 0.746. The first-order valence-corrected chi connectivity index (χ1v) is 9.42. The first kappa shape index (κ1) is 17.5. The van der Waals surface area contributed by atoms with Gasteiger partial charge in [-0.05, 0) is 44.2 Å². The van der Waals surface area contributed by atoms with Crippen molar-refractivity contribution in [3.05, 3.63) is 68.5 Å². The van der Waals surface area contributed by atoms with Gasteiger partial charge >= 0.3 is 5.97 Å². The maximum Gasteiger partial charge on any atom is 0.344 e.